The number of imidazole rings is 1. The van der Waals surface area contributed by atoms with Crippen LogP contribution in [0.3, 0.4) is 0 Å². The lowest BCUT2D eigenvalue weighted by atomic mass is 10.0. The molecule has 0 saturated carbocycles. The molecule has 7 aromatic rings. The van der Waals surface area contributed by atoms with E-state index in [4.69, 9.17) is 9.40 Å². The number of aromatic nitrogens is 2. The number of nitrogens with zero attached hydrogens (tertiary/aromatic N) is 2. The third kappa shape index (κ3) is 3.02. The molecule has 0 spiro atoms. The van der Waals surface area contributed by atoms with E-state index in [9.17, 15) is 0 Å². The highest BCUT2D eigenvalue weighted by molar-refractivity contribution is 6.11. The maximum atomic E-state index is 6.38. The van der Waals surface area contributed by atoms with Gasteiger partial charge in [-0.2, -0.15) is 0 Å². The molecule has 0 fully saturated rings. The second-order valence-corrected chi connectivity index (χ2v) is 8.88. The first kappa shape index (κ1) is 19.8. The molecule has 0 radical (unpaired) electrons. The molecule has 3 heteroatoms. The summed E-state index contributed by atoms with van der Waals surface area (Å²) < 4.78 is 8.64. The van der Waals surface area contributed by atoms with E-state index in [1.54, 1.807) is 0 Å². The molecular weight excluding hydrogens is 428 g/mol. The van der Waals surface area contributed by atoms with Gasteiger partial charge in [-0.1, -0.05) is 91.0 Å². The predicted molar refractivity (Wildman–Crippen MR) is 144 cm³/mol. The van der Waals surface area contributed by atoms with Gasteiger partial charge in [-0.25, -0.2) is 4.98 Å². The standard InChI is InChI=1S/C32H22N2O/c1-21-11-5-6-14-23(21)32-33-30-25(16-10-19-28(30)34(32)22-12-3-2-4-13-22)27-18-9-17-26-24-15-7-8-20-29(24)35-31(26)27/h2-20H,1H3. The van der Waals surface area contributed by atoms with E-state index < -0.39 is 0 Å². The summed E-state index contributed by atoms with van der Waals surface area (Å²) in [5, 5.41) is 2.25. The third-order valence-electron chi connectivity index (χ3n) is 6.78. The van der Waals surface area contributed by atoms with E-state index >= 15 is 0 Å². The second kappa shape index (κ2) is 7.71. The minimum atomic E-state index is 0.896. The summed E-state index contributed by atoms with van der Waals surface area (Å²) in [6.07, 6.45) is 0. The predicted octanol–water partition coefficient (Wildman–Crippen LogP) is 8.57. The van der Waals surface area contributed by atoms with Crippen LogP contribution in [0.2, 0.25) is 0 Å². The van der Waals surface area contributed by atoms with Crippen LogP contribution in [-0.2, 0) is 0 Å². The van der Waals surface area contributed by atoms with Crippen molar-refractivity contribution in [3.05, 3.63) is 121 Å². The number of aryl methyl sites for hydroxylation is 1. The van der Waals surface area contributed by atoms with Crippen LogP contribution in [-0.4, -0.2) is 9.55 Å². The average molecular weight is 451 g/mol. The highest BCUT2D eigenvalue weighted by Crippen LogP contribution is 2.40. The molecular formula is C32H22N2O. The first-order valence-electron chi connectivity index (χ1n) is 11.8. The van der Waals surface area contributed by atoms with Gasteiger partial charge in [0, 0.05) is 33.2 Å². The van der Waals surface area contributed by atoms with Crippen molar-refractivity contribution in [2.45, 2.75) is 6.92 Å². The highest BCUT2D eigenvalue weighted by Gasteiger charge is 2.20. The van der Waals surface area contributed by atoms with E-state index in [1.807, 2.05) is 18.2 Å². The van der Waals surface area contributed by atoms with Gasteiger partial charge in [0.15, 0.2) is 0 Å². The van der Waals surface area contributed by atoms with Crippen LogP contribution < -0.4 is 0 Å². The summed E-state index contributed by atoms with van der Waals surface area (Å²) in [6.45, 7) is 2.14. The highest BCUT2D eigenvalue weighted by atomic mass is 16.3. The Balaban J connectivity index is 1.58. The van der Waals surface area contributed by atoms with Gasteiger partial charge >= 0.3 is 0 Å². The number of fused-ring (bicyclic) bond motifs is 4. The zero-order valence-corrected chi connectivity index (χ0v) is 19.3. The van der Waals surface area contributed by atoms with Crippen LogP contribution in [0.5, 0.6) is 0 Å². The van der Waals surface area contributed by atoms with Crippen LogP contribution in [0.4, 0.5) is 0 Å². The Hall–Kier alpha value is -4.63. The SMILES string of the molecule is Cc1ccccc1-c1nc2c(-c3cccc4c3oc3ccccc34)cccc2n1-c1ccccc1. The van der Waals surface area contributed by atoms with Gasteiger partial charge < -0.3 is 4.42 Å². The van der Waals surface area contributed by atoms with Crippen molar-refractivity contribution >= 4 is 33.0 Å². The number of benzene rings is 5. The minimum Gasteiger partial charge on any atom is -0.455 e. The lowest BCUT2D eigenvalue weighted by Crippen LogP contribution is -1.98. The maximum absolute atomic E-state index is 6.38. The number of para-hydroxylation sites is 4. The van der Waals surface area contributed by atoms with Crippen molar-refractivity contribution in [1.82, 2.24) is 9.55 Å². The van der Waals surface area contributed by atoms with Crippen molar-refractivity contribution in [2.24, 2.45) is 0 Å². The molecule has 2 aromatic heterocycles. The van der Waals surface area contributed by atoms with Gasteiger partial charge in [-0.3, -0.25) is 4.57 Å². The van der Waals surface area contributed by atoms with Gasteiger partial charge in [0.1, 0.15) is 17.0 Å². The molecule has 166 valence electrons. The van der Waals surface area contributed by atoms with E-state index in [2.05, 4.69) is 109 Å². The number of furan rings is 1. The van der Waals surface area contributed by atoms with Gasteiger partial charge in [0.2, 0.25) is 0 Å². The monoisotopic (exact) mass is 450 g/mol. The Morgan fingerprint density at radius 3 is 2.17 bits per heavy atom. The minimum absolute atomic E-state index is 0.896. The first-order chi connectivity index (χ1) is 17.3. The van der Waals surface area contributed by atoms with Crippen LogP contribution in [0.25, 0.3) is 61.2 Å². The fourth-order valence-electron chi connectivity index (χ4n) is 5.12. The van der Waals surface area contributed by atoms with Gasteiger partial charge in [0.25, 0.3) is 0 Å². The number of hydrogen-bond donors (Lipinski definition) is 0. The lowest BCUT2D eigenvalue weighted by molar-refractivity contribution is 0.670. The molecule has 0 amide bonds. The van der Waals surface area contributed by atoms with Crippen LogP contribution in [0.1, 0.15) is 5.56 Å². The molecule has 3 nitrogen and oxygen atoms in total. The summed E-state index contributed by atoms with van der Waals surface area (Å²) >= 11 is 0. The van der Waals surface area contributed by atoms with Crippen LogP contribution in [0, 0.1) is 6.92 Å². The second-order valence-electron chi connectivity index (χ2n) is 8.88. The zero-order chi connectivity index (χ0) is 23.4. The van der Waals surface area contributed by atoms with Crippen molar-refractivity contribution < 1.29 is 4.42 Å². The van der Waals surface area contributed by atoms with Crippen molar-refractivity contribution in [1.29, 1.82) is 0 Å². The Labute approximate surface area is 202 Å². The fourth-order valence-corrected chi connectivity index (χ4v) is 5.12. The fraction of sp³-hybridized carbons (Fsp3) is 0.0312. The van der Waals surface area contributed by atoms with Crippen molar-refractivity contribution in [3.63, 3.8) is 0 Å². The summed E-state index contributed by atoms with van der Waals surface area (Å²) in [4.78, 5) is 5.28. The molecule has 2 heterocycles. The van der Waals surface area contributed by atoms with Crippen LogP contribution in [0.15, 0.2) is 120 Å². The Morgan fingerprint density at radius 1 is 0.600 bits per heavy atom. The molecule has 0 unspecified atom stereocenters. The first-order valence-corrected chi connectivity index (χ1v) is 11.8. The molecule has 7 rings (SSSR count). The summed E-state index contributed by atoms with van der Waals surface area (Å²) in [6, 6.07) is 39.9. The molecule has 35 heavy (non-hydrogen) atoms. The van der Waals surface area contributed by atoms with Gasteiger partial charge in [-0.05, 0) is 36.8 Å². The maximum Gasteiger partial charge on any atom is 0.146 e. The van der Waals surface area contributed by atoms with Crippen molar-refractivity contribution in [2.75, 3.05) is 0 Å². The molecule has 0 bridgehead atoms. The largest absolute Gasteiger partial charge is 0.455 e. The van der Waals surface area contributed by atoms with Gasteiger partial charge in [-0.15, -0.1) is 0 Å². The van der Waals surface area contributed by atoms with E-state index in [-0.39, 0.29) is 0 Å². The Morgan fingerprint density at radius 2 is 1.29 bits per heavy atom. The van der Waals surface area contributed by atoms with Crippen molar-refractivity contribution in [3.8, 4) is 28.2 Å². The summed E-state index contributed by atoms with van der Waals surface area (Å²) in [5.74, 6) is 0.938. The van der Waals surface area contributed by atoms with Gasteiger partial charge in [0.05, 0.1) is 11.0 Å². The lowest BCUT2D eigenvalue weighted by Gasteiger charge is -2.11. The smallest absolute Gasteiger partial charge is 0.146 e. The number of rotatable bonds is 3. The van der Waals surface area contributed by atoms with E-state index in [1.165, 1.54) is 5.56 Å². The third-order valence-corrected chi connectivity index (χ3v) is 6.78. The quantitative estimate of drug-likeness (QED) is 0.270. The molecule has 0 N–H and O–H groups in total. The average Bonchev–Trinajstić information content (AvgIpc) is 3.48. The molecule has 0 aliphatic carbocycles. The molecule has 0 aliphatic heterocycles. The Bertz CT molecular complexity index is 1860. The molecule has 0 aliphatic rings. The number of hydrogen-bond acceptors (Lipinski definition) is 2. The topological polar surface area (TPSA) is 31.0 Å². The molecule has 0 atom stereocenters. The zero-order valence-electron chi connectivity index (χ0n) is 19.3. The van der Waals surface area contributed by atoms with E-state index in [0.717, 1.165) is 61.2 Å². The summed E-state index contributed by atoms with van der Waals surface area (Å²) in [5.41, 5.74) is 9.36. The Kier molecular flexibility index (Phi) is 4.36. The van der Waals surface area contributed by atoms with Crippen LogP contribution >= 0.6 is 0 Å². The molecule has 0 saturated heterocycles. The normalized spacial score (nSPS) is 11.6. The molecule has 5 aromatic carbocycles. The summed E-state index contributed by atoms with van der Waals surface area (Å²) in [7, 11) is 0. The van der Waals surface area contributed by atoms with E-state index in [0.29, 0.717) is 0 Å².